The smallest absolute Gasteiger partial charge is 0.179 e. The monoisotopic (exact) mass is 260 g/mol. The van der Waals surface area contributed by atoms with Gasteiger partial charge in [-0.3, -0.25) is 4.79 Å². The van der Waals surface area contributed by atoms with Gasteiger partial charge in [0.25, 0.3) is 0 Å². The van der Waals surface area contributed by atoms with E-state index in [1.54, 1.807) is 13.0 Å². The summed E-state index contributed by atoms with van der Waals surface area (Å²) < 4.78 is 18.7. The lowest BCUT2D eigenvalue weighted by atomic mass is 10.1. The van der Waals surface area contributed by atoms with Gasteiger partial charge in [0.1, 0.15) is 0 Å². The Labute approximate surface area is 90.2 Å². The van der Waals surface area contributed by atoms with Crippen LogP contribution in [-0.2, 0) is 0 Å². The maximum atomic E-state index is 13.5. The molecule has 0 radical (unpaired) electrons. The molecule has 1 aromatic carbocycles. The zero-order chi connectivity index (χ0) is 10.7. The van der Waals surface area contributed by atoms with Gasteiger partial charge in [0.05, 0.1) is 11.1 Å². The van der Waals surface area contributed by atoms with Gasteiger partial charge < -0.3 is 4.74 Å². The number of ketones is 1. The molecule has 0 N–H and O–H groups in total. The van der Waals surface area contributed by atoms with Crippen LogP contribution in [0, 0.1) is 5.82 Å². The fourth-order valence-corrected chi connectivity index (χ4v) is 1.68. The zero-order valence-electron chi connectivity index (χ0n) is 7.93. The van der Waals surface area contributed by atoms with Gasteiger partial charge in [0.2, 0.25) is 0 Å². The van der Waals surface area contributed by atoms with Crippen molar-refractivity contribution < 1.29 is 13.9 Å². The predicted molar refractivity (Wildman–Crippen MR) is 55.3 cm³/mol. The molecule has 0 heterocycles. The van der Waals surface area contributed by atoms with E-state index >= 15 is 0 Å². The number of hydrogen-bond donors (Lipinski definition) is 0. The lowest BCUT2D eigenvalue weighted by Crippen LogP contribution is -2.00. The van der Waals surface area contributed by atoms with Crippen LogP contribution in [0.1, 0.15) is 24.2 Å². The minimum absolute atomic E-state index is 0.157. The van der Waals surface area contributed by atoms with Crippen LogP contribution in [0.5, 0.6) is 5.75 Å². The first kappa shape index (κ1) is 11.2. The summed E-state index contributed by atoms with van der Waals surface area (Å²) in [7, 11) is 0. The van der Waals surface area contributed by atoms with Crippen molar-refractivity contribution in [2.75, 3.05) is 6.61 Å². The molecule has 0 saturated heterocycles. The molecule has 0 saturated carbocycles. The molecule has 0 aliphatic carbocycles. The number of carbonyl (C=O) groups excluding carboxylic acids is 1. The Morgan fingerprint density at radius 2 is 2.21 bits per heavy atom. The van der Waals surface area contributed by atoms with E-state index < -0.39 is 5.82 Å². The second-order valence-electron chi connectivity index (χ2n) is 2.73. The molecule has 0 amide bonds. The summed E-state index contributed by atoms with van der Waals surface area (Å²) >= 11 is 3.03. The number of Topliss-reactive ketones (excluding diaryl/α,β-unsaturated/α-hetero) is 1. The Hall–Kier alpha value is -0.900. The van der Waals surface area contributed by atoms with Gasteiger partial charge in [-0.05, 0) is 41.9 Å². The van der Waals surface area contributed by atoms with Gasteiger partial charge in [0.15, 0.2) is 17.3 Å². The summed E-state index contributed by atoms with van der Waals surface area (Å²) in [5.41, 5.74) is 0.325. The van der Waals surface area contributed by atoms with Gasteiger partial charge in [-0.25, -0.2) is 4.39 Å². The van der Waals surface area contributed by atoms with E-state index in [2.05, 4.69) is 15.9 Å². The lowest BCUT2D eigenvalue weighted by Gasteiger charge is -2.07. The highest BCUT2D eigenvalue weighted by atomic mass is 79.9. The third-order valence-corrected chi connectivity index (χ3v) is 2.50. The fourth-order valence-electron chi connectivity index (χ4n) is 1.07. The first-order valence-electron chi connectivity index (χ1n) is 4.19. The molecule has 1 rings (SSSR count). The quantitative estimate of drug-likeness (QED) is 0.781. The zero-order valence-corrected chi connectivity index (χ0v) is 9.52. The van der Waals surface area contributed by atoms with Crippen LogP contribution in [0.4, 0.5) is 4.39 Å². The first-order chi connectivity index (χ1) is 6.57. The second kappa shape index (κ2) is 4.55. The molecule has 0 spiro atoms. The Balaban J connectivity index is 3.19. The summed E-state index contributed by atoms with van der Waals surface area (Å²) in [4.78, 5) is 11.1. The highest BCUT2D eigenvalue weighted by Crippen LogP contribution is 2.28. The van der Waals surface area contributed by atoms with Crippen molar-refractivity contribution in [2.24, 2.45) is 0 Å². The number of carbonyl (C=O) groups is 1. The van der Waals surface area contributed by atoms with Crippen LogP contribution in [0.15, 0.2) is 16.6 Å². The normalized spacial score (nSPS) is 10.0. The molecular formula is C10H10BrFO2. The van der Waals surface area contributed by atoms with Gasteiger partial charge in [-0.1, -0.05) is 0 Å². The Morgan fingerprint density at radius 1 is 1.57 bits per heavy atom. The molecule has 0 bridgehead atoms. The maximum Gasteiger partial charge on any atom is 0.179 e. The van der Waals surface area contributed by atoms with Crippen molar-refractivity contribution in [3.63, 3.8) is 0 Å². The summed E-state index contributed by atoms with van der Waals surface area (Å²) in [6.07, 6.45) is 0. The van der Waals surface area contributed by atoms with Crippen LogP contribution >= 0.6 is 15.9 Å². The van der Waals surface area contributed by atoms with Crippen molar-refractivity contribution in [3.8, 4) is 5.75 Å². The van der Waals surface area contributed by atoms with E-state index in [0.29, 0.717) is 12.2 Å². The molecule has 0 aromatic heterocycles. The average molecular weight is 261 g/mol. The number of ether oxygens (including phenoxy) is 1. The Bertz CT molecular complexity index is 363. The molecule has 4 heteroatoms. The standard InChI is InChI=1S/C10H10BrFO2/c1-3-14-8-5-4-7(6(2)13)9(11)10(8)12/h4-5H,3H2,1-2H3. The number of rotatable bonds is 3. The van der Waals surface area contributed by atoms with E-state index in [0.717, 1.165) is 0 Å². The van der Waals surface area contributed by atoms with Gasteiger partial charge >= 0.3 is 0 Å². The van der Waals surface area contributed by atoms with Crippen molar-refractivity contribution in [2.45, 2.75) is 13.8 Å². The molecule has 14 heavy (non-hydrogen) atoms. The number of halogens is 2. The van der Waals surface area contributed by atoms with E-state index in [4.69, 9.17) is 4.74 Å². The molecule has 0 unspecified atom stereocenters. The largest absolute Gasteiger partial charge is 0.491 e. The van der Waals surface area contributed by atoms with Crippen LogP contribution in [0.25, 0.3) is 0 Å². The molecule has 2 nitrogen and oxygen atoms in total. The van der Waals surface area contributed by atoms with Crippen molar-refractivity contribution in [3.05, 3.63) is 28.0 Å². The average Bonchev–Trinajstić information content (AvgIpc) is 2.13. The van der Waals surface area contributed by atoms with E-state index in [1.807, 2.05) is 0 Å². The minimum Gasteiger partial charge on any atom is -0.491 e. The summed E-state index contributed by atoms with van der Waals surface area (Å²) in [5.74, 6) is -0.553. The summed E-state index contributed by atoms with van der Waals surface area (Å²) in [6.45, 7) is 3.55. The van der Waals surface area contributed by atoms with E-state index in [-0.39, 0.29) is 16.0 Å². The number of benzene rings is 1. The van der Waals surface area contributed by atoms with Gasteiger partial charge in [-0.15, -0.1) is 0 Å². The molecule has 0 aliphatic heterocycles. The van der Waals surface area contributed by atoms with Gasteiger partial charge in [-0.2, -0.15) is 0 Å². The Kier molecular flexibility index (Phi) is 3.63. The van der Waals surface area contributed by atoms with E-state index in [9.17, 15) is 9.18 Å². The molecule has 0 fully saturated rings. The lowest BCUT2D eigenvalue weighted by molar-refractivity contribution is 0.101. The second-order valence-corrected chi connectivity index (χ2v) is 3.52. The topological polar surface area (TPSA) is 26.3 Å². The van der Waals surface area contributed by atoms with Crippen LogP contribution in [0.2, 0.25) is 0 Å². The molecule has 1 aromatic rings. The Morgan fingerprint density at radius 3 is 2.71 bits per heavy atom. The first-order valence-corrected chi connectivity index (χ1v) is 4.99. The van der Waals surface area contributed by atoms with Crippen molar-refractivity contribution >= 4 is 21.7 Å². The minimum atomic E-state index is -0.528. The maximum absolute atomic E-state index is 13.5. The fraction of sp³-hybridized carbons (Fsp3) is 0.300. The highest BCUT2D eigenvalue weighted by molar-refractivity contribution is 9.10. The van der Waals surface area contributed by atoms with Gasteiger partial charge in [0, 0.05) is 5.56 Å². The number of hydrogen-bond acceptors (Lipinski definition) is 2. The molecule has 0 atom stereocenters. The highest BCUT2D eigenvalue weighted by Gasteiger charge is 2.14. The third kappa shape index (κ3) is 2.12. The van der Waals surface area contributed by atoms with Crippen molar-refractivity contribution in [1.82, 2.24) is 0 Å². The molecule has 76 valence electrons. The van der Waals surface area contributed by atoms with Crippen LogP contribution in [0.3, 0.4) is 0 Å². The predicted octanol–water partition coefficient (Wildman–Crippen LogP) is 3.19. The van der Waals surface area contributed by atoms with Crippen LogP contribution in [-0.4, -0.2) is 12.4 Å². The molecule has 0 aliphatic rings. The van der Waals surface area contributed by atoms with Crippen LogP contribution < -0.4 is 4.74 Å². The summed E-state index contributed by atoms with van der Waals surface area (Å²) in [6, 6.07) is 3.00. The SMILES string of the molecule is CCOc1ccc(C(C)=O)c(Br)c1F. The molecular weight excluding hydrogens is 251 g/mol. The summed E-state index contributed by atoms with van der Waals surface area (Å²) in [5, 5.41) is 0. The van der Waals surface area contributed by atoms with E-state index in [1.165, 1.54) is 13.0 Å². The van der Waals surface area contributed by atoms with Crippen molar-refractivity contribution in [1.29, 1.82) is 0 Å². The third-order valence-electron chi connectivity index (χ3n) is 1.73.